The second-order valence-corrected chi connectivity index (χ2v) is 14.0. The summed E-state index contributed by atoms with van der Waals surface area (Å²) < 4.78 is 0. The van der Waals surface area contributed by atoms with E-state index < -0.39 is 5.32 Å². The fraction of sp³-hybridized carbons (Fsp3) is 0.455. The minimum absolute atomic E-state index is 0.491. The van der Waals surface area contributed by atoms with Gasteiger partial charge in [-0.1, -0.05) is 0 Å². The maximum atomic E-state index is 6.60. The molecular formula is C11H17BrClP. The molecule has 0 amide bonds. The fourth-order valence-electron chi connectivity index (χ4n) is 1.50. The third-order valence-electron chi connectivity index (χ3n) is 2.33. The summed E-state index contributed by atoms with van der Waals surface area (Å²) in [4.78, 5) is 0. The Morgan fingerprint density at radius 3 is 1.93 bits per heavy atom. The zero-order valence-electron chi connectivity index (χ0n) is 9.07. The van der Waals surface area contributed by atoms with Crippen LogP contribution in [0.25, 0.3) is 0 Å². The maximum absolute atomic E-state index is 6.60. The van der Waals surface area contributed by atoms with E-state index in [0.717, 1.165) is 0 Å². The number of halogens is 2. The van der Waals surface area contributed by atoms with Crippen molar-refractivity contribution in [2.75, 3.05) is 0 Å². The van der Waals surface area contributed by atoms with Gasteiger partial charge in [0.1, 0.15) is 0 Å². The van der Waals surface area contributed by atoms with Gasteiger partial charge in [0.15, 0.2) is 0 Å². The number of hydrogen-bond acceptors (Lipinski definition) is 0. The predicted molar refractivity (Wildman–Crippen MR) is 73.8 cm³/mol. The normalized spacial score (nSPS) is 13.4. The molecule has 0 N–H and O–H groups in total. The van der Waals surface area contributed by atoms with Crippen molar-refractivity contribution in [2.45, 2.75) is 33.4 Å². The van der Waals surface area contributed by atoms with E-state index in [1.165, 1.54) is 16.4 Å². The first-order valence-corrected chi connectivity index (χ1v) is 10.1. The Labute approximate surface area is 99.9 Å². The summed E-state index contributed by atoms with van der Waals surface area (Å²) in [7, 11) is 0. The Hall–Kier alpha value is 0.420. The Morgan fingerprint density at radius 2 is 1.57 bits per heavy atom. The standard InChI is InChI=1S/C11H17BrClP/c1-8(2)14(12,13)11-6-9(3)5-10(4)7-11/h5-8,14H,1-4H3. The van der Waals surface area contributed by atoms with Gasteiger partial charge in [-0.25, -0.2) is 0 Å². The first-order chi connectivity index (χ1) is 6.34. The Bertz CT molecular complexity index is 314. The van der Waals surface area contributed by atoms with Crippen LogP contribution in [0.4, 0.5) is 0 Å². The molecule has 0 saturated carbocycles. The van der Waals surface area contributed by atoms with E-state index in [0.29, 0.717) is 5.66 Å². The summed E-state index contributed by atoms with van der Waals surface area (Å²) in [5.74, 6) is 0. The van der Waals surface area contributed by atoms with Crippen molar-refractivity contribution >= 4 is 37.4 Å². The molecule has 0 aliphatic carbocycles. The molecule has 0 aromatic heterocycles. The van der Waals surface area contributed by atoms with Crippen LogP contribution in [-0.2, 0) is 0 Å². The molecule has 3 heteroatoms. The van der Waals surface area contributed by atoms with Crippen LogP contribution in [0.2, 0.25) is 0 Å². The fourth-order valence-corrected chi connectivity index (χ4v) is 4.02. The topological polar surface area (TPSA) is 0 Å². The van der Waals surface area contributed by atoms with E-state index >= 15 is 0 Å². The van der Waals surface area contributed by atoms with Gasteiger partial charge in [0.25, 0.3) is 0 Å². The summed E-state index contributed by atoms with van der Waals surface area (Å²) in [6, 6.07) is 6.57. The molecule has 80 valence electrons. The molecule has 0 fully saturated rings. The number of aryl methyl sites for hydroxylation is 2. The van der Waals surface area contributed by atoms with E-state index in [9.17, 15) is 0 Å². The van der Waals surface area contributed by atoms with Crippen molar-refractivity contribution in [1.29, 1.82) is 0 Å². The first-order valence-electron chi connectivity index (χ1n) is 4.80. The van der Waals surface area contributed by atoms with Gasteiger partial charge in [0.05, 0.1) is 0 Å². The minimum atomic E-state index is -1.93. The van der Waals surface area contributed by atoms with E-state index in [2.05, 4.69) is 61.4 Å². The number of rotatable bonds is 2. The van der Waals surface area contributed by atoms with Crippen LogP contribution in [0.3, 0.4) is 0 Å². The Kier molecular flexibility index (Phi) is 4.03. The van der Waals surface area contributed by atoms with Crippen molar-refractivity contribution in [1.82, 2.24) is 0 Å². The van der Waals surface area contributed by atoms with Gasteiger partial charge in [-0.3, -0.25) is 0 Å². The molecular weight excluding hydrogens is 278 g/mol. The Balaban J connectivity index is 3.18. The number of hydrogen-bond donors (Lipinski definition) is 0. The molecule has 0 radical (unpaired) electrons. The van der Waals surface area contributed by atoms with Gasteiger partial charge in [0.2, 0.25) is 0 Å². The van der Waals surface area contributed by atoms with Crippen LogP contribution in [0.5, 0.6) is 0 Å². The molecule has 0 aliphatic rings. The monoisotopic (exact) mass is 294 g/mol. The molecule has 1 aromatic carbocycles. The quantitative estimate of drug-likeness (QED) is 0.702. The van der Waals surface area contributed by atoms with Crippen LogP contribution >= 0.6 is 32.0 Å². The van der Waals surface area contributed by atoms with Gasteiger partial charge < -0.3 is 0 Å². The first kappa shape index (κ1) is 12.5. The molecule has 1 rings (SSSR count). The molecule has 0 spiro atoms. The van der Waals surface area contributed by atoms with Gasteiger partial charge in [-0.05, 0) is 0 Å². The van der Waals surface area contributed by atoms with Crippen molar-refractivity contribution in [3.8, 4) is 0 Å². The Morgan fingerprint density at radius 1 is 1.14 bits per heavy atom. The molecule has 0 nitrogen and oxygen atoms in total. The van der Waals surface area contributed by atoms with E-state index in [1.54, 1.807) is 0 Å². The summed E-state index contributed by atoms with van der Waals surface area (Å²) in [5, 5.41) is -0.651. The average Bonchev–Trinajstić information content (AvgIpc) is 2.01. The van der Waals surface area contributed by atoms with Crippen LogP contribution < -0.4 is 5.30 Å². The van der Waals surface area contributed by atoms with E-state index in [1.807, 2.05) is 0 Å². The SMILES string of the molecule is Cc1cc(C)cc([PH](Cl)(Br)C(C)C)c1. The van der Waals surface area contributed by atoms with E-state index in [-0.39, 0.29) is 0 Å². The van der Waals surface area contributed by atoms with Crippen molar-refractivity contribution < 1.29 is 0 Å². The van der Waals surface area contributed by atoms with Crippen LogP contribution in [0, 0.1) is 13.8 Å². The van der Waals surface area contributed by atoms with Gasteiger partial charge in [0, 0.05) is 0 Å². The zero-order chi connectivity index (χ0) is 10.9. The zero-order valence-corrected chi connectivity index (χ0v) is 12.4. The van der Waals surface area contributed by atoms with Crippen LogP contribution in [0.15, 0.2) is 18.2 Å². The number of benzene rings is 1. The summed E-state index contributed by atoms with van der Waals surface area (Å²) in [6.07, 6.45) is 0. The third kappa shape index (κ3) is 2.72. The second kappa shape index (κ2) is 4.51. The van der Waals surface area contributed by atoms with Gasteiger partial charge in [-0.2, -0.15) is 0 Å². The van der Waals surface area contributed by atoms with Gasteiger partial charge >= 0.3 is 100 Å². The molecule has 0 aliphatic heterocycles. The molecule has 0 bridgehead atoms. The third-order valence-corrected chi connectivity index (χ3v) is 10.9. The van der Waals surface area contributed by atoms with Crippen molar-refractivity contribution in [3.05, 3.63) is 29.3 Å². The summed E-state index contributed by atoms with van der Waals surface area (Å²) in [5.41, 5.74) is 3.07. The molecule has 0 unspecified atom stereocenters. The van der Waals surface area contributed by atoms with Crippen molar-refractivity contribution in [3.63, 3.8) is 0 Å². The van der Waals surface area contributed by atoms with Crippen LogP contribution in [-0.4, -0.2) is 5.66 Å². The summed E-state index contributed by atoms with van der Waals surface area (Å²) >= 11 is 10.3. The molecule has 0 saturated heterocycles. The molecule has 0 heterocycles. The average molecular weight is 296 g/mol. The summed E-state index contributed by atoms with van der Waals surface area (Å²) in [6.45, 7) is 8.58. The second-order valence-electron chi connectivity index (χ2n) is 4.15. The van der Waals surface area contributed by atoms with Crippen LogP contribution in [0.1, 0.15) is 25.0 Å². The van der Waals surface area contributed by atoms with Crippen molar-refractivity contribution in [2.24, 2.45) is 0 Å². The van der Waals surface area contributed by atoms with Gasteiger partial charge in [-0.15, -0.1) is 0 Å². The molecule has 1 aromatic rings. The predicted octanol–water partition coefficient (Wildman–Crippen LogP) is 4.55. The molecule has 0 atom stereocenters. The molecule has 14 heavy (non-hydrogen) atoms. The van der Waals surface area contributed by atoms with E-state index in [4.69, 9.17) is 11.2 Å².